The van der Waals surface area contributed by atoms with Gasteiger partial charge in [0.2, 0.25) is 0 Å². The Hall–Kier alpha value is -3.57. The second-order valence-electron chi connectivity index (χ2n) is 7.10. The molecule has 5 heteroatoms. The summed E-state index contributed by atoms with van der Waals surface area (Å²) < 4.78 is 7.27. The average molecular weight is 416 g/mol. The summed E-state index contributed by atoms with van der Waals surface area (Å²) in [7, 11) is 0. The van der Waals surface area contributed by atoms with Crippen LogP contribution in [-0.2, 0) is 4.79 Å². The van der Waals surface area contributed by atoms with E-state index >= 15 is 0 Å². The molecule has 0 saturated carbocycles. The largest absolute Gasteiger partial charge is 0.508 e. The van der Waals surface area contributed by atoms with Gasteiger partial charge in [-0.1, -0.05) is 35.9 Å². The van der Waals surface area contributed by atoms with E-state index in [-0.39, 0.29) is 5.75 Å². The van der Waals surface area contributed by atoms with Crippen molar-refractivity contribution in [1.29, 1.82) is 0 Å². The molecule has 4 rings (SSSR count). The lowest BCUT2D eigenvalue weighted by atomic mass is 10.0. The van der Waals surface area contributed by atoms with Crippen molar-refractivity contribution in [2.45, 2.75) is 13.8 Å². The summed E-state index contributed by atoms with van der Waals surface area (Å²) in [4.78, 5) is 11.7. The van der Waals surface area contributed by atoms with Gasteiger partial charge in [0, 0.05) is 16.2 Å². The van der Waals surface area contributed by atoms with Gasteiger partial charge in [0.05, 0.1) is 4.88 Å². The third kappa shape index (κ3) is 4.07. The zero-order valence-electron chi connectivity index (χ0n) is 16.5. The molecule has 1 heterocycles. The molecule has 30 heavy (non-hydrogen) atoms. The molecule has 0 aliphatic carbocycles. The average Bonchev–Trinajstić information content (AvgIpc) is 3.06. The molecule has 4 nitrogen and oxygen atoms in total. The van der Waals surface area contributed by atoms with Gasteiger partial charge < -0.3 is 14.9 Å². The molecule has 0 fully saturated rings. The first-order chi connectivity index (χ1) is 14.4. The van der Waals surface area contributed by atoms with Gasteiger partial charge in [-0.05, 0) is 66.9 Å². The topological polar surface area (TPSA) is 66.8 Å². The number of hydrogen-bond donors (Lipinski definition) is 2. The van der Waals surface area contributed by atoms with Crippen LogP contribution in [0, 0.1) is 13.8 Å². The Morgan fingerprint density at radius 1 is 1.00 bits per heavy atom. The zero-order chi connectivity index (χ0) is 21.3. The van der Waals surface area contributed by atoms with Crippen LogP contribution in [0.2, 0.25) is 0 Å². The number of aromatic hydroxyl groups is 1. The van der Waals surface area contributed by atoms with Gasteiger partial charge in [-0.3, -0.25) is 0 Å². The fraction of sp³-hybridized carbons (Fsp3) is 0.0800. The number of carboxylic acid groups (broad SMARTS) is 1. The maximum atomic E-state index is 10.7. The molecule has 0 spiro atoms. The normalized spacial score (nSPS) is 11.3. The van der Waals surface area contributed by atoms with Crippen LogP contribution in [0.15, 0.2) is 66.7 Å². The van der Waals surface area contributed by atoms with Crippen molar-refractivity contribution in [2.75, 3.05) is 0 Å². The number of phenols is 1. The van der Waals surface area contributed by atoms with E-state index in [0.717, 1.165) is 49.0 Å². The fourth-order valence-corrected chi connectivity index (χ4v) is 4.50. The number of carbonyl (C=O) groups is 1. The van der Waals surface area contributed by atoms with E-state index in [1.54, 1.807) is 23.5 Å². The van der Waals surface area contributed by atoms with Crippen LogP contribution in [0.25, 0.3) is 26.6 Å². The molecule has 0 bridgehead atoms. The molecule has 1 aromatic heterocycles. The van der Waals surface area contributed by atoms with Crippen LogP contribution >= 0.6 is 11.3 Å². The zero-order valence-corrected chi connectivity index (χ0v) is 17.4. The SMILES string of the molecule is Cc1ccc(C)c(-c2sc3cc(O)ccc3c2Oc2ccc(/C=C/C(=O)O)cc2)c1. The number of fused-ring (bicyclic) bond motifs is 1. The number of aryl methyl sites for hydroxylation is 2. The summed E-state index contributed by atoms with van der Waals surface area (Å²) in [6.07, 6.45) is 2.64. The second-order valence-corrected chi connectivity index (χ2v) is 8.15. The molecular weight excluding hydrogens is 396 g/mol. The second kappa shape index (κ2) is 8.05. The lowest BCUT2D eigenvalue weighted by Gasteiger charge is -2.11. The number of rotatable bonds is 5. The Labute approximate surface area is 178 Å². The predicted octanol–water partition coefficient (Wildman–Crippen LogP) is 6.78. The van der Waals surface area contributed by atoms with E-state index in [4.69, 9.17) is 9.84 Å². The standard InChI is InChI=1S/C25H20O4S/c1-15-3-4-16(2)21(13-15)25-24(20-11-8-18(26)14-22(20)30-25)29-19-9-5-17(6-10-19)7-12-23(27)28/h3-14,26H,1-2H3,(H,27,28)/b12-7+. The molecule has 0 radical (unpaired) electrons. The van der Waals surface area contributed by atoms with Crippen LogP contribution < -0.4 is 4.74 Å². The van der Waals surface area contributed by atoms with E-state index in [9.17, 15) is 9.90 Å². The number of ether oxygens (including phenoxy) is 1. The Balaban J connectivity index is 1.79. The number of phenolic OH excluding ortho intramolecular Hbond substituents is 1. The molecular formula is C25H20O4S. The van der Waals surface area contributed by atoms with Crippen molar-refractivity contribution in [1.82, 2.24) is 0 Å². The lowest BCUT2D eigenvalue weighted by Crippen LogP contribution is -1.89. The maximum Gasteiger partial charge on any atom is 0.328 e. The lowest BCUT2D eigenvalue weighted by molar-refractivity contribution is -0.131. The van der Waals surface area contributed by atoms with Crippen molar-refractivity contribution >= 4 is 33.5 Å². The molecule has 0 aliphatic rings. The minimum absolute atomic E-state index is 0.220. The Kier molecular flexibility index (Phi) is 5.29. The van der Waals surface area contributed by atoms with Gasteiger partial charge >= 0.3 is 5.97 Å². The van der Waals surface area contributed by atoms with Crippen LogP contribution in [0.3, 0.4) is 0 Å². The highest BCUT2D eigenvalue weighted by atomic mass is 32.1. The van der Waals surface area contributed by atoms with E-state index in [2.05, 4.69) is 32.0 Å². The summed E-state index contributed by atoms with van der Waals surface area (Å²) in [5, 5.41) is 19.6. The van der Waals surface area contributed by atoms with Gasteiger partial charge in [-0.2, -0.15) is 0 Å². The van der Waals surface area contributed by atoms with E-state index in [1.165, 1.54) is 6.08 Å². The highest BCUT2D eigenvalue weighted by Gasteiger charge is 2.18. The summed E-state index contributed by atoms with van der Waals surface area (Å²) in [5.41, 5.74) is 4.19. The van der Waals surface area contributed by atoms with Gasteiger partial charge in [0.25, 0.3) is 0 Å². The summed E-state index contributed by atoms with van der Waals surface area (Å²) >= 11 is 1.59. The monoisotopic (exact) mass is 416 g/mol. The Morgan fingerprint density at radius 2 is 1.77 bits per heavy atom. The smallest absolute Gasteiger partial charge is 0.328 e. The van der Waals surface area contributed by atoms with E-state index < -0.39 is 5.97 Å². The molecule has 0 unspecified atom stereocenters. The molecule has 0 aliphatic heterocycles. The highest BCUT2D eigenvalue weighted by Crippen LogP contribution is 2.48. The Morgan fingerprint density at radius 3 is 2.50 bits per heavy atom. The number of carboxylic acids is 1. The van der Waals surface area contributed by atoms with E-state index in [0.29, 0.717) is 5.75 Å². The first-order valence-corrected chi connectivity index (χ1v) is 10.2. The molecule has 4 aromatic rings. The van der Waals surface area contributed by atoms with Crippen LogP contribution in [0.4, 0.5) is 0 Å². The van der Waals surface area contributed by atoms with Crippen molar-refractivity contribution in [3.05, 3.63) is 83.4 Å². The molecule has 0 saturated heterocycles. The third-order valence-corrected chi connectivity index (χ3v) is 5.95. The van der Waals surface area contributed by atoms with Crippen LogP contribution in [-0.4, -0.2) is 16.2 Å². The Bertz CT molecular complexity index is 1270. The van der Waals surface area contributed by atoms with Crippen LogP contribution in [0.5, 0.6) is 17.2 Å². The molecule has 0 amide bonds. The minimum Gasteiger partial charge on any atom is -0.508 e. The molecule has 0 atom stereocenters. The first kappa shape index (κ1) is 19.7. The van der Waals surface area contributed by atoms with Gasteiger partial charge in [0.15, 0.2) is 5.75 Å². The van der Waals surface area contributed by atoms with Crippen molar-refractivity contribution in [2.24, 2.45) is 0 Å². The van der Waals surface area contributed by atoms with Crippen LogP contribution in [0.1, 0.15) is 16.7 Å². The maximum absolute atomic E-state index is 10.7. The molecule has 2 N–H and O–H groups in total. The van der Waals surface area contributed by atoms with Crippen molar-refractivity contribution in [3.63, 3.8) is 0 Å². The summed E-state index contributed by atoms with van der Waals surface area (Å²) in [6, 6.07) is 18.9. The number of thiophene rings is 1. The third-order valence-electron chi connectivity index (χ3n) is 4.78. The number of aliphatic carboxylic acids is 1. The number of benzene rings is 3. The summed E-state index contributed by atoms with van der Waals surface area (Å²) in [6.45, 7) is 4.13. The number of hydrogen-bond acceptors (Lipinski definition) is 4. The minimum atomic E-state index is -0.985. The highest BCUT2D eigenvalue weighted by molar-refractivity contribution is 7.22. The molecule has 150 valence electrons. The van der Waals surface area contributed by atoms with Gasteiger partial charge in [0.1, 0.15) is 11.5 Å². The quantitative estimate of drug-likeness (QED) is 0.352. The molecule has 3 aromatic carbocycles. The van der Waals surface area contributed by atoms with Gasteiger partial charge in [-0.25, -0.2) is 4.79 Å². The predicted molar refractivity (Wildman–Crippen MR) is 122 cm³/mol. The van der Waals surface area contributed by atoms with Crippen molar-refractivity contribution < 1.29 is 19.7 Å². The first-order valence-electron chi connectivity index (χ1n) is 9.43. The summed E-state index contributed by atoms with van der Waals surface area (Å²) in [5.74, 6) is 0.637. The van der Waals surface area contributed by atoms with E-state index in [1.807, 2.05) is 30.3 Å². The van der Waals surface area contributed by atoms with Crippen molar-refractivity contribution in [3.8, 4) is 27.7 Å². The van der Waals surface area contributed by atoms with Gasteiger partial charge in [-0.15, -0.1) is 11.3 Å². The fourth-order valence-electron chi connectivity index (χ4n) is 3.25.